The van der Waals surface area contributed by atoms with E-state index < -0.39 is 12.7 Å². The maximum Gasteiger partial charge on any atom is 0.401 e. The molecule has 2 N–H and O–H groups in total. The lowest BCUT2D eigenvalue weighted by Gasteiger charge is -2.46. The summed E-state index contributed by atoms with van der Waals surface area (Å²) in [7, 11) is 0. The molecule has 1 saturated carbocycles. The van der Waals surface area contributed by atoms with Crippen molar-refractivity contribution in [2.45, 2.75) is 64.7 Å². The van der Waals surface area contributed by atoms with Crippen molar-refractivity contribution in [1.29, 1.82) is 0 Å². The minimum Gasteiger partial charge on any atom is -0.326 e. The first-order valence-corrected chi connectivity index (χ1v) is 6.74. The molecular weight excluding hydrogens is 241 g/mol. The number of alkyl halides is 3. The van der Waals surface area contributed by atoms with Crippen LogP contribution in [0.3, 0.4) is 0 Å². The van der Waals surface area contributed by atoms with Crippen molar-refractivity contribution in [1.82, 2.24) is 4.90 Å². The molecule has 0 amide bonds. The van der Waals surface area contributed by atoms with Crippen LogP contribution in [-0.2, 0) is 0 Å². The van der Waals surface area contributed by atoms with Crippen LogP contribution < -0.4 is 5.73 Å². The summed E-state index contributed by atoms with van der Waals surface area (Å²) in [5.74, 6) is 0. The smallest absolute Gasteiger partial charge is 0.326 e. The van der Waals surface area contributed by atoms with Crippen LogP contribution in [0, 0.1) is 5.41 Å². The molecule has 1 fully saturated rings. The largest absolute Gasteiger partial charge is 0.401 e. The Labute approximate surface area is 108 Å². The van der Waals surface area contributed by atoms with Crippen molar-refractivity contribution in [3.05, 3.63) is 0 Å². The van der Waals surface area contributed by atoms with Crippen LogP contribution in [0.5, 0.6) is 0 Å². The van der Waals surface area contributed by atoms with E-state index in [-0.39, 0.29) is 17.5 Å². The lowest BCUT2D eigenvalue weighted by Crippen LogP contribution is -2.58. The molecule has 0 aromatic heterocycles. The first-order chi connectivity index (χ1) is 8.17. The molecule has 1 aliphatic carbocycles. The maximum absolute atomic E-state index is 12.6. The highest BCUT2D eigenvalue weighted by molar-refractivity contribution is 4.96. The summed E-state index contributed by atoms with van der Waals surface area (Å²) in [4.78, 5) is 1.53. The molecule has 0 aromatic carbocycles. The molecule has 1 rings (SSSR count). The van der Waals surface area contributed by atoms with E-state index >= 15 is 0 Å². The van der Waals surface area contributed by atoms with Crippen LogP contribution in [0.4, 0.5) is 13.2 Å². The van der Waals surface area contributed by atoms with Crippen LogP contribution in [-0.4, -0.2) is 36.2 Å². The fourth-order valence-electron chi connectivity index (χ4n) is 2.92. The minimum atomic E-state index is -4.14. The van der Waals surface area contributed by atoms with Crippen LogP contribution in [0.25, 0.3) is 0 Å². The lowest BCUT2D eigenvalue weighted by atomic mass is 9.70. The quantitative estimate of drug-likeness (QED) is 0.847. The van der Waals surface area contributed by atoms with Gasteiger partial charge in [-0.1, -0.05) is 27.2 Å². The molecular formula is C13H25F3N2. The first-order valence-electron chi connectivity index (χ1n) is 6.74. The zero-order valence-electron chi connectivity index (χ0n) is 11.6. The van der Waals surface area contributed by atoms with E-state index in [0.29, 0.717) is 6.54 Å². The Balaban J connectivity index is 2.78. The summed E-state index contributed by atoms with van der Waals surface area (Å²) >= 11 is 0. The van der Waals surface area contributed by atoms with E-state index in [0.717, 1.165) is 25.7 Å². The lowest BCUT2D eigenvalue weighted by molar-refractivity contribution is -0.155. The van der Waals surface area contributed by atoms with Gasteiger partial charge in [-0.2, -0.15) is 13.2 Å². The zero-order valence-corrected chi connectivity index (χ0v) is 11.6. The summed E-state index contributed by atoms with van der Waals surface area (Å²) in [6.07, 6.45) is -0.684. The van der Waals surface area contributed by atoms with Crippen LogP contribution in [0.15, 0.2) is 0 Å². The van der Waals surface area contributed by atoms with Gasteiger partial charge in [0.25, 0.3) is 0 Å². The average molecular weight is 266 g/mol. The van der Waals surface area contributed by atoms with Gasteiger partial charge in [0.2, 0.25) is 0 Å². The topological polar surface area (TPSA) is 29.3 Å². The molecule has 2 unspecified atom stereocenters. The highest BCUT2D eigenvalue weighted by Gasteiger charge is 2.42. The molecule has 108 valence electrons. The van der Waals surface area contributed by atoms with Crippen molar-refractivity contribution < 1.29 is 13.2 Å². The second kappa shape index (κ2) is 5.78. The van der Waals surface area contributed by atoms with Gasteiger partial charge in [0.1, 0.15) is 0 Å². The van der Waals surface area contributed by atoms with Crippen molar-refractivity contribution in [2.75, 3.05) is 13.1 Å². The normalized spacial score (nSPS) is 28.7. The summed E-state index contributed by atoms with van der Waals surface area (Å²) in [5.41, 5.74) is 6.13. The van der Waals surface area contributed by atoms with E-state index in [2.05, 4.69) is 13.8 Å². The highest BCUT2D eigenvalue weighted by atomic mass is 19.4. The second-order valence-corrected chi connectivity index (χ2v) is 6.06. The molecule has 18 heavy (non-hydrogen) atoms. The minimum absolute atomic E-state index is 0.0689. The fourth-order valence-corrected chi connectivity index (χ4v) is 2.92. The molecule has 0 aromatic rings. The fraction of sp³-hybridized carbons (Fsp3) is 1.00. The third-order valence-electron chi connectivity index (χ3n) is 4.00. The Hall–Kier alpha value is -0.290. The predicted molar refractivity (Wildman–Crippen MR) is 67.3 cm³/mol. The summed E-state index contributed by atoms with van der Waals surface area (Å²) in [6.45, 7) is 5.65. The molecule has 1 aliphatic rings. The first kappa shape index (κ1) is 15.8. The number of hydrogen-bond acceptors (Lipinski definition) is 2. The van der Waals surface area contributed by atoms with Gasteiger partial charge in [0.05, 0.1) is 6.54 Å². The second-order valence-electron chi connectivity index (χ2n) is 6.06. The summed E-state index contributed by atoms with van der Waals surface area (Å²) in [5, 5.41) is 0. The molecule has 2 nitrogen and oxygen atoms in total. The monoisotopic (exact) mass is 266 g/mol. The molecule has 2 atom stereocenters. The number of nitrogens with zero attached hydrogens (tertiary/aromatic N) is 1. The molecule has 0 aliphatic heterocycles. The van der Waals surface area contributed by atoms with Gasteiger partial charge in [-0.3, -0.25) is 4.90 Å². The third kappa shape index (κ3) is 4.12. The van der Waals surface area contributed by atoms with Gasteiger partial charge in [0, 0.05) is 12.1 Å². The van der Waals surface area contributed by atoms with Gasteiger partial charge in [-0.25, -0.2) is 0 Å². The SMILES string of the molecule is CCCN(CC(F)(F)F)C1CCCC(C)(C)C1N. The number of halogens is 3. The molecule has 5 heteroatoms. The van der Waals surface area contributed by atoms with Crippen LogP contribution in [0.1, 0.15) is 46.5 Å². The van der Waals surface area contributed by atoms with Crippen molar-refractivity contribution in [3.63, 3.8) is 0 Å². The molecule has 0 radical (unpaired) electrons. The van der Waals surface area contributed by atoms with E-state index in [1.807, 2.05) is 6.92 Å². The Bertz CT molecular complexity index is 263. The van der Waals surface area contributed by atoms with E-state index in [1.54, 1.807) is 0 Å². The van der Waals surface area contributed by atoms with Gasteiger partial charge >= 0.3 is 6.18 Å². The Morgan fingerprint density at radius 2 is 1.94 bits per heavy atom. The number of rotatable bonds is 4. The average Bonchev–Trinajstić information content (AvgIpc) is 2.19. The van der Waals surface area contributed by atoms with Crippen molar-refractivity contribution >= 4 is 0 Å². The zero-order chi connectivity index (χ0) is 14.0. The summed E-state index contributed by atoms with van der Waals surface area (Å²) in [6, 6.07) is -0.324. The van der Waals surface area contributed by atoms with Crippen molar-refractivity contribution in [2.24, 2.45) is 11.1 Å². The predicted octanol–water partition coefficient (Wildman–Crippen LogP) is 3.17. The van der Waals surface area contributed by atoms with Crippen LogP contribution in [0.2, 0.25) is 0 Å². The van der Waals surface area contributed by atoms with Gasteiger partial charge < -0.3 is 5.73 Å². The molecule has 0 saturated heterocycles. The van der Waals surface area contributed by atoms with Crippen LogP contribution >= 0.6 is 0 Å². The molecule has 0 bridgehead atoms. The van der Waals surface area contributed by atoms with E-state index in [1.165, 1.54) is 4.90 Å². The molecule has 0 spiro atoms. The number of hydrogen-bond donors (Lipinski definition) is 1. The van der Waals surface area contributed by atoms with Gasteiger partial charge in [0.15, 0.2) is 0 Å². The maximum atomic E-state index is 12.6. The van der Waals surface area contributed by atoms with Gasteiger partial charge in [-0.15, -0.1) is 0 Å². The van der Waals surface area contributed by atoms with E-state index in [9.17, 15) is 13.2 Å². The van der Waals surface area contributed by atoms with Gasteiger partial charge in [-0.05, 0) is 31.2 Å². The Morgan fingerprint density at radius 1 is 1.33 bits per heavy atom. The third-order valence-corrected chi connectivity index (χ3v) is 4.00. The Morgan fingerprint density at radius 3 is 2.44 bits per heavy atom. The Kier molecular flexibility index (Phi) is 5.06. The van der Waals surface area contributed by atoms with E-state index in [4.69, 9.17) is 5.73 Å². The molecule has 0 heterocycles. The number of nitrogens with two attached hydrogens (primary N) is 1. The van der Waals surface area contributed by atoms with Crippen molar-refractivity contribution in [3.8, 4) is 0 Å². The highest BCUT2D eigenvalue weighted by Crippen LogP contribution is 2.37. The summed E-state index contributed by atoms with van der Waals surface area (Å²) < 4.78 is 37.9. The standard InChI is InChI=1S/C13H25F3N2/c1-4-8-18(9-13(14,15)16)10-6-5-7-12(2,3)11(10)17/h10-11H,4-9,17H2,1-3H3.